The van der Waals surface area contributed by atoms with Gasteiger partial charge in [0.2, 0.25) is 5.91 Å². The lowest BCUT2D eigenvalue weighted by Gasteiger charge is -2.02. The van der Waals surface area contributed by atoms with Crippen LogP contribution in [0.25, 0.3) is 0 Å². The molecular formula is C16H19FN2OS2. The molecule has 0 fully saturated rings. The van der Waals surface area contributed by atoms with Gasteiger partial charge in [0.1, 0.15) is 10.2 Å². The van der Waals surface area contributed by atoms with Crippen molar-refractivity contribution in [3.63, 3.8) is 0 Å². The van der Waals surface area contributed by atoms with Gasteiger partial charge in [-0.3, -0.25) is 4.79 Å². The molecule has 1 N–H and O–H groups in total. The minimum Gasteiger partial charge on any atom is -0.356 e. The van der Waals surface area contributed by atoms with Crippen molar-refractivity contribution in [2.24, 2.45) is 0 Å². The number of aromatic nitrogens is 1. The zero-order chi connectivity index (χ0) is 15.8. The van der Waals surface area contributed by atoms with Gasteiger partial charge in [-0.15, -0.1) is 11.3 Å². The maximum absolute atomic E-state index is 12.8. The van der Waals surface area contributed by atoms with Crippen molar-refractivity contribution in [1.29, 1.82) is 0 Å². The number of amides is 1. The topological polar surface area (TPSA) is 42.0 Å². The average molecular weight is 338 g/mol. The van der Waals surface area contributed by atoms with Crippen molar-refractivity contribution in [3.05, 3.63) is 46.7 Å². The lowest BCUT2D eigenvalue weighted by atomic mass is 10.2. The molecule has 0 bridgehead atoms. The Hall–Kier alpha value is -1.40. The third-order valence-electron chi connectivity index (χ3n) is 3.00. The minimum atomic E-state index is -0.223. The molecule has 6 heteroatoms. The maximum Gasteiger partial charge on any atom is 0.226 e. The molecule has 0 saturated heterocycles. The molecule has 2 rings (SSSR count). The van der Waals surface area contributed by atoms with Crippen molar-refractivity contribution in [2.45, 2.75) is 36.3 Å². The van der Waals surface area contributed by atoms with Crippen LogP contribution in [0, 0.1) is 5.82 Å². The van der Waals surface area contributed by atoms with Crippen molar-refractivity contribution in [3.8, 4) is 0 Å². The van der Waals surface area contributed by atoms with Crippen LogP contribution in [0.3, 0.4) is 0 Å². The minimum absolute atomic E-state index is 0.0221. The fraction of sp³-hybridized carbons (Fsp3) is 0.375. The molecule has 0 unspecified atom stereocenters. The summed E-state index contributed by atoms with van der Waals surface area (Å²) in [6.07, 6.45) is 2.40. The van der Waals surface area contributed by atoms with Crippen LogP contribution in [0.4, 0.5) is 4.39 Å². The Balaban J connectivity index is 1.78. The molecule has 3 nitrogen and oxygen atoms in total. The molecule has 0 aliphatic heterocycles. The van der Waals surface area contributed by atoms with Crippen LogP contribution in [0.5, 0.6) is 0 Å². The number of carbonyl (C=O) groups excluding carboxylic acids is 1. The molecule has 0 spiro atoms. The molecule has 22 heavy (non-hydrogen) atoms. The van der Waals surface area contributed by atoms with E-state index in [9.17, 15) is 9.18 Å². The molecule has 1 aromatic heterocycles. The Morgan fingerprint density at radius 2 is 2.14 bits per heavy atom. The highest BCUT2D eigenvalue weighted by Crippen LogP contribution is 2.26. The van der Waals surface area contributed by atoms with Crippen molar-refractivity contribution in [1.82, 2.24) is 10.3 Å². The van der Waals surface area contributed by atoms with Gasteiger partial charge in [-0.05, 0) is 24.1 Å². The van der Waals surface area contributed by atoms with E-state index in [0.717, 1.165) is 40.7 Å². The predicted molar refractivity (Wildman–Crippen MR) is 89.7 cm³/mol. The second-order valence-electron chi connectivity index (χ2n) is 4.90. The van der Waals surface area contributed by atoms with Crippen LogP contribution >= 0.6 is 23.1 Å². The van der Waals surface area contributed by atoms with E-state index in [-0.39, 0.29) is 11.7 Å². The van der Waals surface area contributed by atoms with Crippen LogP contribution in [0.15, 0.2) is 34.0 Å². The second kappa shape index (κ2) is 8.90. The monoisotopic (exact) mass is 338 g/mol. The SMILES string of the molecule is CCCCNC(=O)Cc1csc(SCc2ccc(F)cc2)n1. The summed E-state index contributed by atoms with van der Waals surface area (Å²) < 4.78 is 13.8. The molecule has 0 saturated carbocycles. The number of thioether (sulfide) groups is 1. The van der Waals surface area contributed by atoms with E-state index in [1.807, 2.05) is 5.38 Å². The number of unbranched alkanes of at least 4 members (excludes halogenated alkanes) is 1. The molecule has 0 radical (unpaired) electrons. The number of carbonyl (C=O) groups is 1. The Bertz CT molecular complexity index is 598. The normalized spacial score (nSPS) is 10.6. The van der Waals surface area contributed by atoms with Crippen LogP contribution < -0.4 is 5.32 Å². The van der Waals surface area contributed by atoms with Gasteiger partial charge < -0.3 is 5.32 Å². The van der Waals surface area contributed by atoms with Gasteiger partial charge in [-0.2, -0.15) is 0 Å². The highest BCUT2D eigenvalue weighted by atomic mass is 32.2. The summed E-state index contributed by atoms with van der Waals surface area (Å²) in [5.74, 6) is 0.545. The summed E-state index contributed by atoms with van der Waals surface area (Å²) in [7, 11) is 0. The molecule has 1 aromatic carbocycles. The largest absolute Gasteiger partial charge is 0.356 e. The van der Waals surface area contributed by atoms with Crippen LogP contribution in [0.1, 0.15) is 31.0 Å². The summed E-state index contributed by atoms with van der Waals surface area (Å²) in [4.78, 5) is 16.2. The zero-order valence-corrected chi connectivity index (χ0v) is 14.1. The Labute approximate surface area is 138 Å². The number of thiazole rings is 1. The molecule has 1 amide bonds. The van der Waals surface area contributed by atoms with Crippen LogP contribution in [0.2, 0.25) is 0 Å². The van der Waals surface area contributed by atoms with E-state index in [4.69, 9.17) is 0 Å². The third-order valence-corrected chi connectivity index (χ3v) is 5.14. The molecule has 2 aromatic rings. The number of halogens is 1. The Morgan fingerprint density at radius 1 is 1.36 bits per heavy atom. The molecule has 0 aliphatic carbocycles. The first kappa shape index (κ1) is 17.0. The summed E-state index contributed by atoms with van der Waals surface area (Å²) in [6.45, 7) is 2.82. The van der Waals surface area contributed by atoms with Crippen LogP contribution in [-0.4, -0.2) is 17.4 Å². The first-order valence-corrected chi connectivity index (χ1v) is 9.12. The summed E-state index contributed by atoms with van der Waals surface area (Å²) in [5, 5.41) is 4.81. The van der Waals surface area contributed by atoms with E-state index < -0.39 is 0 Å². The quantitative estimate of drug-likeness (QED) is 0.583. The van der Waals surface area contributed by atoms with Crippen molar-refractivity contribution in [2.75, 3.05) is 6.54 Å². The van der Waals surface area contributed by atoms with Gasteiger partial charge in [0.25, 0.3) is 0 Å². The Morgan fingerprint density at radius 3 is 2.86 bits per heavy atom. The molecular weight excluding hydrogens is 319 g/mol. The number of benzene rings is 1. The van der Waals surface area contributed by atoms with E-state index in [1.165, 1.54) is 12.1 Å². The van der Waals surface area contributed by atoms with Gasteiger partial charge in [-0.1, -0.05) is 37.2 Å². The predicted octanol–water partition coefficient (Wildman–Crippen LogP) is 4.03. The highest BCUT2D eigenvalue weighted by molar-refractivity contribution is 8.00. The molecule has 0 atom stereocenters. The van der Waals surface area contributed by atoms with Gasteiger partial charge in [0.15, 0.2) is 0 Å². The lowest BCUT2D eigenvalue weighted by molar-refractivity contribution is -0.120. The Kier molecular flexibility index (Phi) is 6.86. The smallest absolute Gasteiger partial charge is 0.226 e. The number of hydrogen-bond acceptors (Lipinski definition) is 4. The van der Waals surface area contributed by atoms with E-state index in [2.05, 4.69) is 17.2 Å². The second-order valence-corrected chi connectivity index (χ2v) is 6.98. The standard InChI is InChI=1S/C16H19FN2OS2/c1-2-3-8-18-15(20)9-14-11-22-16(19-14)21-10-12-4-6-13(17)7-5-12/h4-7,11H,2-3,8-10H2,1H3,(H,18,20). The summed E-state index contributed by atoms with van der Waals surface area (Å²) in [5.41, 5.74) is 1.86. The fourth-order valence-corrected chi connectivity index (χ4v) is 3.59. The number of nitrogens with zero attached hydrogens (tertiary/aromatic N) is 1. The van der Waals surface area contributed by atoms with Crippen molar-refractivity contribution < 1.29 is 9.18 Å². The maximum atomic E-state index is 12.8. The number of hydrogen-bond donors (Lipinski definition) is 1. The lowest BCUT2D eigenvalue weighted by Crippen LogP contribution is -2.26. The first-order valence-electron chi connectivity index (χ1n) is 7.25. The molecule has 118 valence electrons. The fourth-order valence-electron chi connectivity index (χ4n) is 1.79. The summed E-state index contributed by atoms with van der Waals surface area (Å²) in [6, 6.07) is 6.48. The molecule has 0 aliphatic rings. The van der Waals surface area contributed by atoms with E-state index >= 15 is 0 Å². The average Bonchev–Trinajstić information content (AvgIpc) is 2.94. The van der Waals surface area contributed by atoms with Gasteiger partial charge in [0, 0.05) is 17.7 Å². The summed E-state index contributed by atoms with van der Waals surface area (Å²) >= 11 is 3.14. The van der Waals surface area contributed by atoms with E-state index in [1.54, 1.807) is 35.2 Å². The van der Waals surface area contributed by atoms with Gasteiger partial charge >= 0.3 is 0 Å². The first-order chi connectivity index (χ1) is 10.7. The van der Waals surface area contributed by atoms with Crippen LogP contribution in [-0.2, 0) is 17.0 Å². The zero-order valence-electron chi connectivity index (χ0n) is 12.5. The van der Waals surface area contributed by atoms with Crippen molar-refractivity contribution >= 4 is 29.0 Å². The van der Waals surface area contributed by atoms with E-state index in [0.29, 0.717) is 6.42 Å². The van der Waals surface area contributed by atoms with Gasteiger partial charge in [0.05, 0.1) is 12.1 Å². The van der Waals surface area contributed by atoms with Gasteiger partial charge in [-0.25, -0.2) is 9.37 Å². The highest BCUT2D eigenvalue weighted by Gasteiger charge is 2.08. The number of rotatable bonds is 8. The third kappa shape index (κ3) is 5.77. The molecule has 1 heterocycles. The number of nitrogens with one attached hydrogen (secondary N) is 1.